The molecule has 0 aliphatic carbocycles. The lowest BCUT2D eigenvalue weighted by Gasteiger charge is -2.12. The van der Waals surface area contributed by atoms with Crippen LogP contribution in [-0.4, -0.2) is 19.2 Å². The van der Waals surface area contributed by atoms with E-state index >= 15 is 0 Å². The molecule has 0 aliphatic heterocycles. The second kappa shape index (κ2) is 8.59. The average molecular weight is 312 g/mol. The van der Waals surface area contributed by atoms with Gasteiger partial charge < -0.3 is 15.4 Å². The van der Waals surface area contributed by atoms with Crippen LogP contribution in [0.1, 0.15) is 30.5 Å². The predicted molar refractivity (Wildman–Crippen MR) is 98.3 cm³/mol. The Morgan fingerprint density at radius 2 is 1.70 bits per heavy atom. The first-order valence-corrected chi connectivity index (χ1v) is 8.32. The van der Waals surface area contributed by atoms with Crippen LogP contribution in [0, 0.1) is 13.8 Å². The van der Waals surface area contributed by atoms with Crippen LogP contribution in [0.15, 0.2) is 42.5 Å². The van der Waals surface area contributed by atoms with Crippen molar-refractivity contribution in [3.63, 3.8) is 0 Å². The molecule has 0 atom stereocenters. The molecular formula is C20H28N2O. The zero-order valence-electron chi connectivity index (χ0n) is 14.6. The van der Waals surface area contributed by atoms with Gasteiger partial charge in [0, 0.05) is 25.3 Å². The molecule has 0 aromatic heterocycles. The van der Waals surface area contributed by atoms with Gasteiger partial charge in [-0.1, -0.05) is 24.3 Å². The van der Waals surface area contributed by atoms with Gasteiger partial charge in [0.15, 0.2) is 0 Å². The summed E-state index contributed by atoms with van der Waals surface area (Å²) in [5.74, 6) is 0.931. The highest BCUT2D eigenvalue weighted by atomic mass is 16.5. The number of benzene rings is 2. The van der Waals surface area contributed by atoms with E-state index < -0.39 is 0 Å². The van der Waals surface area contributed by atoms with Gasteiger partial charge in [0.05, 0.1) is 6.10 Å². The van der Waals surface area contributed by atoms with E-state index in [1.807, 2.05) is 26.0 Å². The highest BCUT2D eigenvalue weighted by molar-refractivity contribution is 5.53. The largest absolute Gasteiger partial charge is 0.491 e. The van der Waals surface area contributed by atoms with Gasteiger partial charge in [-0.05, 0) is 62.6 Å². The number of aryl methyl sites for hydroxylation is 1. The summed E-state index contributed by atoms with van der Waals surface area (Å²) in [6.45, 7) is 11.1. The Labute approximate surface area is 140 Å². The van der Waals surface area contributed by atoms with E-state index in [-0.39, 0.29) is 6.10 Å². The summed E-state index contributed by atoms with van der Waals surface area (Å²) in [6, 6.07) is 14.7. The molecule has 2 N–H and O–H groups in total. The van der Waals surface area contributed by atoms with E-state index in [0.29, 0.717) is 0 Å². The van der Waals surface area contributed by atoms with E-state index in [9.17, 15) is 0 Å². The van der Waals surface area contributed by atoms with Crippen LogP contribution in [0.2, 0.25) is 0 Å². The van der Waals surface area contributed by atoms with Crippen molar-refractivity contribution in [3.05, 3.63) is 59.2 Å². The smallest absolute Gasteiger partial charge is 0.119 e. The first kappa shape index (κ1) is 17.4. The topological polar surface area (TPSA) is 33.3 Å². The maximum absolute atomic E-state index is 5.65. The van der Waals surface area contributed by atoms with Crippen LogP contribution in [0.3, 0.4) is 0 Å². The average Bonchev–Trinajstić information content (AvgIpc) is 2.52. The molecule has 23 heavy (non-hydrogen) atoms. The van der Waals surface area contributed by atoms with Crippen molar-refractivity contribution in [2.75, 3.05) is 18.4 Å². The highest BCUT2D eigenvalue weighted by Gasteiger charge is 2.00. The third-order valence-corrected chi connectivity index (χ3v) is 3.85. The summed E-state index contributed by atoms with van der Waals surface area (Å²) in [5, 5.41) is 6.95. The number of hydrogen-bond donors (Lipinski definition) is 2. The molecule has 0 saturated carbocycles. The lowest BCUT2D eigenvalue weighted by atomic mass is 10.1. The number of anilines is 1. The fourth-order valence-corrected chi connectivity index (χ4v) is 2.42. The molecule has 3 nitrogen and oxygen atoms in total. The van der Waals surface area contributed by atoms with Crippen molar-refractivity contribution < 1.29 is 4.74 Å². The van der Waals surface area contributed by atoms with E-state index in [1.54, 1.807) is 0 Å². The van der Waals surface area contributed by atoms with Gasteiger partial charge in [0.1, 0.15) is 5.75 Å². The van der Waals surface area contributed by atoms with Gasteiger partial charge in [-0.3, -0.25) is 0 Å². The Balaban J connectivity index is 1.70. The second-order valence-electron chi connectivity index (χ2n) is 6.16. The molecule has 0 fully saturated rings. The fraction of sp³-hybridized carbons (Fsp3) is 0.400. The summed E-state index contributed by atoms with van der Waals surface area (Å²) in [4.78, 5) is 0. The van der Waals surface area contributed by atoms with Crippen LogP contribution in [0.25, 0.3) is 0 Å². The molecule has 0 radical (unpaired) electrons. The van der Waals surface area contributed by atoms with Crippen LogP contribution >= 0.6 is 0 Å². The van der Waals surface area contributed by atoms with E-state index in [1.165, 1.54) is 22.4 Å². The zero-order valence-corrected chi connectivity index (χ0v) is 14.6. The van der Waals surface area contributed by atoms with Gasteiger partial charge in [0.25, 0.3) is 0 Å². The Morgan fingerprint density at radius 3 is 2.39 bits per heavy atom. The lowest BCUT2D eigenvalue weighted by Crippen LogP contribution is -2.22. The highest BCUT2D eigenvalue weighted by Crippen LogP contribution is 2.17. The molecule has 2 aromatic carbocycles. The number of ether oxygens (including phenoxy) is 1. The molecule has 0 amide bonds. The Morgan fingerprint density at radius 1 is 0.957 bits per heavy atom. The van der Waals surface area contributed by atoms with Crippen molar-refractivity contribution >= 4 is 5.69 Å². The standard InChI is InChI=1S/C20H28N2O/c1-15(2)23-19-10-8-18(9-11-19)14-21-12-13-22-20-7-5-6-16(3)17(20)4/h5-11,15,21-22H,12-14H2,1-4H3. The van der Waals surface area contributed by atoms with Gasteiger partial charge in [-0.2, -0.15) is 0 Å². The third kappa shape index (κ3) is 5.61. The third-order valence-electron chi connectivity index (χ3n) is 3.85. The van der Waals surface area contributed by atoms with Crippen LogP contribution in [0.4, 0.5) is 5.69 Å². The van der Waals surface area contributed by atoms with Crippen LogP contribution in [0.5, 0.6) is 5.75 Å². The summed E-state index contributed by atoms with van der Waals surface area (Å²) in [5.41, 5.74) is 5.15. The molecule has 0 heterocycles. The molecule has 0 spiro atoms. The SMILES string of the molecule is Cc1cccc(NCCNCc2ccc(OC(C)C)cc2)c1C. The van der Waals surface area contributed by atoms with Crippen molar-refractivity contribution in [2.24, 2.45) is 0 Å². The van der Waals surface area contributed by atoms with Gasteiger partial charge in [0.2, 0.25) is 0 Å². The normalized spacial score (nSPS) is 10.8. The Kier molecular flexibility index (Phi) is 6.48. The summed E-state index contributed by atoms with van der Waals surface area (Å²) >= 11 is 0. The number of hydrogen-bond acceptors (Lipinski definition) is 3. The van der Waals surface area contributed by atoms with E-state index in [2.05, 4.69) is 54.8 Å². The minimum absolute atomic E-state index is 0.218. The summed E-state index contributed by atoms with van der Waals surface area (Å²) in [7, 11) is 0. The van der Waals surface area contributed by atoms with Crippen molar-refractivity contribution in [1.82, 2.24) is 5.32 Å². The fourth-order valence-electron chi connectivity index (χ4n) is 2.42. The van der Waals surface area contributed by atoms with Gasteiger partial charge in [-0.25, -0.2) is 0 Å². The summed E-state index contributed by atoms with van der Waals surface area (Å²) < 4.78 is 5.65. The Hall–Kier alpha value is -2.00. The molecule has 124 valence electrons. The monoisotopic (exact) mass is 312 g/mol. The molecule has 2 rings (SSSR count). The molecule has 0 saturated heterocycles. The lowest BCUT2D eigenvalue weighted by molar-refractivity contribution is 0.242. The van der Waals surface area contributed by atoms with E-state index in [0.717, 1.165) is 25.4 Å². The molecule has 0 bridgehead atoms. The molecular weight excluding hydrogens is 284 g/mol. The van der Waals surface area contributed by atoms with Crippen LogP contribution in [-0.2, 0) is 6.54 Å². The molecule has 0 aliphatic rings. The maximum Gasteiger partial charge on any atom is 0.119 e. The first-order valence-electron chi connectivity index (χ1n) is 8.32. The number of nitrogens with one attached hydrogen (secondary N) is 2. The zero-order chi connectivity index (χ0) is 16.7. The first-order chi connectivity index (χ1) is 11.1. The molecule has 3 heteroatoms. The van der Waals surface area contributed by atoms with Gasteiger partial charge in [-0.15, -0.1) is 0 Å². The summed E-state index contributed by atoms with van der Waals surface area (Å²) in [6.07, 6.45) is 0.218. The maximum atomic E-state index is 5.65. The van der Waals surface area contributed by atoms with Crippen LogP contribution < -0.4 is 15.4 Å². The molecule has 0 unspecified atom stereocenters. The predicted octanol–water partition coefficient (Wildman–Crippen LogP) is 4.29. The van der Waals surface area contributed by atoms with E-state index in [4.69, 9.17) is 4.74 Å². The molecule has 2 aromatic rings. The van der Waals surface area contributed by atoms with Crippen molar-refractivity contribution in [1.29, 1.82) is 0 Å². The minimum Gasteiger partial charge on any atom is -0.491 e. The number of rotatable bonds is 8. The quantitative estimate of drug-likeness (QED) is 0.713. The minimum atomic E-state index is 0.218. The van der Waals surface area contributed by atoms with Gasteiger partial charge >= 0.3 is 0 Å². The van der Waals surface area contributed by atoms with Crippen molar-refractivity contribution in [2.45, 2.75) is 40.3 Å². The Bertz CT molecular complexity index is 606. The second-order valence-corrected chi connectivity index (χ2v) is 6.16. The van der Waals surface area contributed by atoms with Crippen molar-refractivity contribution in [3.8, 4) is 5.75 Å².